The predicted octanol–water partition coefficient (Wildman–Crippen LogP) is 6.15. The third-order valence-corrected chi connectivity index (χ3v) is 10.4. The molecule has 0 heterocycles. The van der Waals surface area contributed by atoms with E-state index in [0.717, 1.165) is 28.9 Å². The number of nitrogens with zero attached hydrogens (tertiary/aromatic N) is 2. The van der Waals surface area contributed by atoms with Crippen molar-refractivity contribution in [2.75, 3.05) is 17.1 Å². The third kappa shape index (κ3) is 5.62. The van der Waals surface area contributed by atoms with Crippen LogP contribution in [0.5, 0.6) is 0 Å². The fraction of sp³-hybridized carbons (Fsp3) is 0.424. The molecule has 7 rings (SSSR count). The van der Waals surface area contributed by atoms with E-state index in [1.165, 1.54) is 54.6 Å². The molecule has 4 saturated carbocycles. The van der Waals surface area contributed by atoms with Crippen LogP contribution in [0.2, 0.25) is 0 Å². The van der Waals surface area contributed by atoms with Crippen molar-refractivity contribution in [1.82, 2.24) is 4.90 Å². The van der Waals surface area contributed by atoms with Crippen molar-refractivity contribution < 1.29 is 13.2 Å². The summed E-state index contributed by atoms with van der Waals surface area (Å²) < 4.78 is 27.2. The predicted molar refractivity (Wildman–Crippen MR) is 156 cm³/mol. The summed E-state index contributed by atoms with van der Waals surface area (Å²) in [5, 5.41) is 0. The van der Waals surface area contributed by atoms with Crippen LogP contribution in [0.25, 0.3) is 0 Å². The quantitative estimate of drug-likeness (QED) is 0.326. The Morgan fingerprint density at radius 2 is 1.21 bits per heavy atom. The van der Waals surface area contributed by atoms with E-state index in [-0.39, 0.29) is 17.9 Å². The molecule has 0 aliphatic heterocycles. The topological polar surface area (TPSA) is 57.7 Å². The third-order valence-electron chi connectivity index (χ3n) is 9.27. The van der Waals surface area contributed by atoms with Gasteiger partial charge < -0.3 is 4.90 Å². The second-order valence-corrected chi connectivity index (χ2v) is 14.1. The number of benzene rings is 3. The number of carbonyl (C=O) groups excluding carboxylic acids is 1. The second-order valence-electron chi connectivity index (χ2n) is 12.2. The zero-order valence-corrected chi connectivity index (χ0v) is 23.5. The highest BCUT2D eigenvalue weighted by Gasteiger charge is 2.51. The maximum Gasteiger partial charge on any atom is 0.243 e. The van der Waals surface area contributed by atoms with Crippen LogP contribution in [0.4, 0.5) is 5.69 Å². The first-order valence-corrected chi connectivity index (χ1v) is 16.1. The molecule has 204 valence electrons. The van der Waals surface area contributed by atoms with Crippen molar-refractivity contribution in [1.29, 1.82) is 0 Å². The first-order chi connectivity index (χ1) is 18.8. The standard InChI is InChI=1S/C33H38N2O3S/c1-39(37,38)35(24-32(36)34(22-25-8-4-2-5-9-25)23-26-10-6-3-7-11-26)31-14-12-30(13-15-31)33-19-27-16-28(20-33)18-29(17-27)21-33/h2-15,27-29H,16-24H2,1H3. The Morgan fingerprint density at radius 1 is 0.744 bits per heavy atom. The number of sulfonamides is 1. The van der Waals surface area contributed by atoms with E-state index in [1.54, 1.807) is 4.90 Å². The lowest BCUT2D eigenvalue weighted by Crippen LogP contribution is -2.48. The number of rotatable bonds is 9. The lowest BCUT2D eigenvalue weighted by atomic mass is 9.48. The van der Waals surface area contributed by atoms with Crippen LogP contribution >= 0.6 is 0 Å². The Labute approximate surface area is 232 Å². The van der Waals surface area contributed by atoms with Gasteiger partial charge in [0.1, 0.15) is 6.54 Å². The molecular weight excluding hydrogens is 504 g/mol. The summed E-state index contributed by atoms with van der Waals surface area (Å²) in [7, 11) is -3.66. The number of hydrogen-bond donors (Lipinski definition) is 0. The van der Waals surface area contributed by atoms with E-state index < -0.39 is 10.0 Å². The van der Waals surface area contributed by atoms with E-state index in [9.17, 15) is 13.2 Å². The summed E-state index contributed by atoms with van der Waals surface area (Å²) in [6, 6.07) is 27.8. The zero-order chi connectivity index (χ0) is 27.0. The molecule has 4 aliphatic carbocycles. The number of hydrogen-bond acceptors (Lipinski definition) is 3. The van der Waals surface area contributed by atoms with Gasteiger partial charge in [0.2, 0.25) is 15.9 Å². The van der Waals surface area contributed by atoms with Crippen LogP contribution in [0.15, 0.2) is 84.9 Å². The lowest BCUT2D eigenvalue weighted by molar-refractivity contribution is -0.130. The molecule has 39 heavy (non-hydrogen) atoms. The summed E-state index contributed by atoms with van der Waals surface area (Å²) >= 11 is 0. The molecule has 3 aromatic rings. The van der Waals surface area contributed by atoms with Crippen molar-refractivity contribution in [3.05, 3.63) is 102 Å². The number of amides is 1. The van der Waals surface area contributed by atoms with Crippen LogP contribution in [0.3, 0.4) is 0 Å². The fourth-order valence-corrected chi connectivity index (χ4v) is 8.76. The minimum Gasteiger partial charge on any atom is -0.332 e. The maximum atomic E-state index is 13.7. The molecule has 0 unspecified atom stereocenters. The molecule has 0 N–H and O–H groups in total. The highest BCUT2D eigenvalue weighted by molar-refractivity contribution is 7.92. The summed E-state index contributed by atoms with van der Waals surface area (Å²) in [6.07, 6.45) is 9.16. The Morgan fingerprint density at radius 3 is 1.64 bits per heavy atom. The largest absolute Gasteiger partial charge is 0.332 e. The first kappa shape index (κ1) is 26.1. The maximum absolute atomic E-state index is 13.7. The lowest BCUT2D eigenvalue weighted by Gasteiger charge is -2.57. The molecule has 0 saturated heterocycles. The van der Waals surface area contributed by atoms with Gasteiger partial charge in [-0.15, -0.1) is 0 Å². The van der Waals surface area contributed by atoms with Crippen molar-refractivity contribution >= 4 is 21.6 Å². The molecule has 4 aliphatic rings. The molecule has 1 amide bonds. The normalized spacial score (nSPS) is 25.4. The van der Waals surface area contributed by atoms with Crippen LogP contribution in [-0.2, 0) is 33.3 Å². The average Bonchev–Trinajstić information content (AvgIpc) is 2.91. The van der Waals surface area contributed by atoms with Gasteiger partial charge in [-0.3, -0.25) is 9.10 Å². The van der Waals surface area contributed by atoms with Crippen LogP contribution in [-0.4, -0.2) is 32.0 Å². The molecular formula is C33H38N2O3S. The number of carbonyl (C=O) groups is 1. The van der Waals surface area contributed by atoms with Gasteiger partial charge in [-0.05, 0) is 90.5 Å². The van der Waals surface area contributed by atoms with Gasteiger partial charge in [0.05, 0.1) is 11.9 Å². The average molecular weight is 543 g/mol. The molecule has 3 aromatic carbocycles. The summed E-state index contributed by atoms with van der Waals surface area (Å²) in [5.74, 6) is 2.32. The zero-order valence-electron chi connectivity index (χ0n) is 22.7. The van der Waals surface area contributed by atoms with E-state index >= 15 is 0 Å². The van der Waals surface area contributed by atoms with Crippen molar-refractivity contribution in [2.24, 2.45) is 17.8 Å². The Hall–Kier alpha value is -3.12. The fourth-order valence-electron chi connectivity index (χ4n) is 7.91. The minimum absolute atomic E-state index is 0.224. The molecule has 4 fully saturated rings. The molecule has 4 bridgehead atoms. The van der Waals surface area contributed by atoms with Gasteiger partial charge in [-0.1, -0.05) is 72.8 Å². The molecule has 0 spiro atoms. The Kier molecular flexibility index (Phi) is 7.00. The minimum atomic E-state index is -3.66. The van der Waals surface area contributed by atoms with E-state index in [4.69, 9.17) is 0 Å². The monoisotopic (exact) mass is 542 g/mol. The molecule has 0 radical (unpaired) electrons. The summed E-state index contributed by atoms with van der Waals surface area (Å²) in [5.41, 5.74) is 4.17. The van der Waals surface area contributed by atoms with Gasteiger partial charge in [0.15, 0.2) is 0 Å². The van der Waals surface area contributed by atoms with E-state index in [0.29, 0.717) is 18.8 Å². The smallest absolute Gasteiger partial charge is 0.243 e. The molecule has 0 atom stereocenters. The van der Waals surface area contributed by atoms with Crippen LogP contribution < -0.4 is 4.31 Å². The highest BCUT2D eigenvalue weighted by atomic mass is 32.2. The Balaban J connectivity index is 1.23. The van der Waals surface area contributed by atoms with E-state index in [2.05, 4.69) is 12.1 Å². The summed E-state index contributed by atoms with van der Waals surface area (Å²) in [6.45, 7) is 0.601. The Bertz CT molecular complexity index is 1330. The van der Waals surface area contributed by atoms with Gasteiger partial charge in [0.25, 0.3) is 0 Å². The van der Waals surface area contributed by atoms with Gasteiger partial charge in [0, 0.05) is 13.1 Å². The second kappa shape index (κ2) is 10.5. The van der Waals surface area contributed by atoms with Gasteiger partial charge in [-0.2, -0.15) is 0 Å². The van der Waals surface area contributed by atoms with Crippen LogP contribution in [0, 0.1) is 17.8 Å². The molecule has 5 nitrogen and oxygen atoms in total. The number of anilines is 1. The van der Waals surface area contributed by atoms with Crippen molar-refractivity contribution in [3.8, 4) is 0 Å². The summed E-state index contributed by atoms with van der Waals surface area (Å²) in [4.78, 5) is 15.4. The van der Waals surface area contributed by atoms with Gasteiger partial charge in [-0.25, -0.2) is 8.42 Å². The van der Waals surface area contributed by atoms with Crippen LogP contribution in [0.1, 0.15) is 55.2 Å². The molecule has 0 aromatic heterocycles. The SMILES string of the molecule is CS(=O)(=O)N(CC(=O)N(Cc1ccccc1)Cc1ccccc1)c1ccc(C23CC4CC(CC(C4)C2)C3)cc1. The van der Waals surface area contributed by atoms with Crippen molar-refractivity contribution in [3.63, 3.8) is 0 Å². The highest BCUT2D eigenvalue weighted by Crippen LogP contribution is 2.60. The van der Waals surface area contributed by atoms with E-state index in [1.807, 2.05) is 72.8 Å². The first-order valence-electron chi connectivity index (χ1n) is 14.2. The van der Waals surface area contributed by atoms with Crippen molar-refractivity contribution in [2.45, 2.75) is 57.0 Å². The molecule has 6 heteroatoms. The van der Waals surface area contributed by atoms with Gasteiger partial charge >= 0.3 is 0 Å².